The number of benzene rings is 1. The van der Waals surface area contributed by atoms with Gasteiger partial charge in [-0.3, -0.25) is 9.78 Å². The molecule has 0 fully saturated rings. The molecule has 3 heterocycles. The zero-order chi connectivity index (χ0) is 18.3. The highest BCUT2D eigenvalue weighted by atomic mass is 32.2. The minimum atomic E-state index is -1.19. The Labute approximate surface area is 154 Å². The van der Waals surface area contributed by atoms with E-state index < -0.39 is 11.4 Å². The second-order valence-electron chi connectivity index (χ2n) is 6.15. The van der Waals surface area contributed by atoms with Crippen molar-refractivity contribution in [3.05, 3.63) is 87.6 Å². The number of hydrogen-bond acceptors (Lipinski definition) is 4. The highest BCUT2D eigenvalue weighted by Gasteiger charge is 2.29. The first-order chi connectivity index (χ1) is 12.6. The van der Waals surface area contributed by atoms with Crippen LogP contribution in [0.3, 0.4) is 0 Å². The van der Waals surface area contributed by atoms with Crippen LogP contribution in [0.4, 0.5) is 0 Å². The van der Waals surface area contributed by atoms with Crippen molar-refractivity contribution in [2.75, 3.05) is 0 Å². The van der Waals surface area contributed by atoms with E-state index in [2.05, 4.69) is 4.98 Å². The number of pyridine rings is 2. The smallest absolute Gasteiger partial charge is 0.341 e. The molecule has 4 rings (SSSR count). The maximum absolute atomic E-state index is 12.4. The van der Waals surface area contributed by atoms with Crippen molar-refractivity contribution in [1.82, 2.24) is 9.55 Å². The molecule has 0 bridgehead atoms. The minimum absolute atomic E-state index is 0.0783. The van der Waals surface area contributed by atoms with Gasteiger partial charge in [0.1, 0.15) is 5.56 Å². The standard InChI is InChI=1S/C20H16N2O3S/c1-12-10-16(23)19(20(24)25)15-11-18(13-6-4-5-9-21-13)26-17-8-3-2-7-14(17)22(12)15/h2-10,18H,11H2,1H3,(H,24,25)/t18-/m0/s1. The highest BCUT2D eigenvalue weighted by Crippen LogP contribution is 2.43. The third-order valence-electron chi connectivity index (χ3n) is 4.48. The SMILES string of the molecule is Cc1cc(=O)c(C(=O)O)c2n1-c1ccccc1S[C@H](c1ccccn1)C2. The van der Waals surface area contributed by atoms with Crippen LogP contribution < -0.4 is 5.43 Å². The minimum Gasteiger partial charge on any atom is -0.477 e. The van der Waals surface area contributed by atoms with E-state index in [0.29, 0.717) is 12.1 Å². The first-order valence-corrected chi connectivity index (χ1v) is 9.10. The molecule has 0 saturated heterocycles. The van der Waals surface area contributed by atoms with Gasteiger partial charge in [0.05, 0.1) is 16.6 Å². The molecule has 5 nitrogen and oxygen atoms in total. The summed E-state index contributed by atoms with van der Waals surface area (Å²) < 4.78 is 1.90. The molecule has 0 saturated carbocycles. The van der Waals surface area contributed by atoms with Crippen LogP contribution in [0, 0.1) is 6.92 Å². The molecule has 3 aromatic rings. The molecule has 0 amide bonds. The van der Waals surface area contributed by atoms with Crippen LogP contribution >= 0.6 is 11.8 Å². The molecular formula is C20H16N2O3S. The molecular weight excluding hydrogens is 348 g/mol. The van der Waals surface area contributed by atoms with Gasteiger partial charge in [0, 0.05) is 35.0 Å². The second kappa shape index (κ2) is 6.46. The molecule has 0 spiro atoms. The van der Waals surface area contributed by atoms with Gasteiger partial charge in [-0.05, 0) is 31.2 Å². The van der Waals surface area contributed by atoms with Gasteiger partial charge >= 0.3 is 5.97 Å². The van der Waals surface area contributed by atoms with Crippen LogP contribution in [0.25, 0.3) is 5.69 Å². The van der Waals surface area contributed by atoms with E-state index in [1.54, 1.807) is 18.0 Å². The van der Waals surface area contributed by atoms with Gasteiger partial charge in [-0.2, -0.15) is 0 Å². The lowest BCUT2D eigenvalue weighted by Gasteiger charge is -2.18. The van der Waals surface area contributed by atoms with Crippen molar-refractivity contribution >= 4 is 17.7 Å². The van der Waals surface area contributed by atoms with Gasteiger partial charge in [-0.25, -0.2) is 4.79 Å². The normalized spacial score (nSPS) is 15.7. The lowest BCUT2D eigenvalue weighted by atomic mass is 10.0. The summed E-state index contributed by atoms with van der Waals surface area (Å²) in [5.74, 6) is -1.19. The van der Waals surface area contributed by atoms with E-state index in [0.717, 1.165) is 22.0 Å². The number of aryl methyl sites for hydroxylation is 1. The number of aromatic carboxylic acids is 1. The predicted molar refractivity (Wildman–Crippen MR) is 100 cm³/mol. The number of fused-ring (bicyclic) bond motifs is 3. The topological polar surface area (TPSA) is 72.2 Å². The van der Waals surface area contributed by atoms with Gasteiger partial charge in [0.25, 0.3) is 0 Å². The predicted octanol–water partition coefficient (Wildman–Crippen LogP) is 3.63. The number of carboxylic acid groups (broad SMARTS) is 1. The lowest BCUT2D eigenvalue weighted by molar-refractivity contribution is 0.0693. The molecule has 1 aliphatic heterocycles. The average Bonchev–Trinajstić information content (AvgIpc) is 2.79. The number of rotatable bonds is 2. The van der Waals surface area contributed by atoms with Crippen molar-refractivity contribution in [3.8, 4) is 5.69 Å². The fourth-order valence-electron chi connectivity index (χ4n) is 3.39. The molecule has 1 N–H and O–H groups in total. The number of carbonyl (C=O) groups is 1. The van der Waals surface area contributed by atoms with Gasteiger partial charge < -0.3 is 9.67 Å². The maximum atomic E-state index is 12.4. The summed E-state index contributed by atoms with van der Waals surface area (Å²) in [5.41, 5.74) is 2.40. The molecule has 6 heteroatoms. The number of aromatic nitrogens is 2. The van der Waals surface area contributed by atoms with Gasteiger partial charge in [0.2, 0.25) is 0 Å². The largest absolute Gasteiger partial charge is 0.477 e. The van der Waals surface area contributed by atoms with Crippen LogP contribution in [0.2, 0.25) is 0 Å². The summed E-state index contributed by atoms with van der Waals surface area (Å²) in [4.78, 5) is 29.7. The van der Waals surface area contributed by atoms with E-state index in [4.69, 9.17) is 0 Å². The number of thioether (sulfide) groups is 1. The quantitative estimate of drug-likeness (QED) is 0.752. The van der Waals surface area contributed by atoms with Gasteiger partial charge in [-0.1, -0.05) is 18.2 Å². The van der Waals surface area contributed by atoms with Crippen LogP contribution in [0.15, 0.2) is 64.4 Å². The number of nitrogens with zero attached hydrogens (tertiary/aromatic N) is 2. The van der Waals surface area contributed by atoms with E-state index in [1.807, 2.05) is 54.0 Å². The van der Waals surface area contributed by atoms with E-state index in [-0.39, 0.29) is 10.8 Å². The molecule has 0 radical (unpaired) electrons. The van der Waals surface area contributed by atoms with E-state index in [1.165, 1.54) is 6.07 Å². The molecule has 0 unspecified atom stereocenters. The fourth-order valence-corrected chi connectivity index (χ4v) is 4.64. The first-order valence-electron chi connectivity index (χ1n) is 8.22. The Balaban J connectivity index is 2.04. The number of carboxylic acids is 1. The Kier molecular flexibility index (Phi) is 4.12. The van der Waals surface area contributed by atoms with Crippen LogP contribution in [-0.4, -0.2) is 20.6 Å². The third kappa shape index (κ3) is 2.72. The average molecular weight is 364 g/mol. The molecule has 1 aliphatic rings. The molecule has 1 aromatic carbocycles. The molecule has 1 atom stereocenters. The van der Waals surface area contributed by atoms with Crippen LogP contribution in [0.5, 0.6) is 0 Å². The fraction of sp³-hybridized carbons (Fsp3) is 0.150. The van der Waals surface area contributed by atoms with E-state index in [9.17, 15) is 14.7 Å². The Morgan fingerprint density at radius 1 is 1.23 bits per heavy atom. The van der Waals surface area contributed by atoms with Gasteiger partial charge in [0.15, 0.2) is 5.43 Å². The first kappa shape index (κ1) is 16.6. The summed E-state index contributed by atoms with van der Waals surface area (Å²) in [6, 6.07) is 15.0. The Morgan fingerprint density at radius 2 is 2.00 bits per heavy atom. The Bertz CT molecular complexity index is 1060. The van der Waals surface area contributed by atoms with Crippen molar-refractivity contribution in [2.24, 2.45) is 0 Å². The molecule has 2 aromatic heterocycles. The monoisotopic (exact) mass is 364 g/mol. The molecule has 130 valence electrons. The van der Waals surface area contributed by atoms with E-state index >= 15 is 0 Å². The molecule has 26 heavy (non-hydrogen) atoms. The highest BCUT2D eigenvalue weighted by molar-refractivity contribution is 7.99. The zero-order valence-electron chi connectivity index (χ0n) is 14.0. The Morgan fingerprint density at radius 3 is 2.73 bits per heavy atom. The summed E-state index contributed by atoms with van der Waals surface area (Å²) >= 11 is 1.64. The zero-order valence-corrected chi connectivity index (χ0v) is 14.9. The van der Waals surface area contributed by atoms with Crippen molar-refractivity contribution in [2.45, 2.75) is 23.5 Å². The van der Waals surface area contributed by atoms with Crippen molar-refractivity contribution in [1.29, 1.82) is 0 Å². The second-order valence-corrected chi connectivity index (χ2v) is 7.39. The van der Waals surface area contributed by atoms with Crippen molar-refractivity contribution < 1.29 is 9.90 Å². The number of hydrogen-bond donors (Lipinski definition) is 1. The third-order valence-corrected chi connectivity index (χ3v) is 5.78. The van der Waals surface area contributed by atoms with Crippen LogP contribution in [0.1, 0.15) is 32.7 Å². The summed E-state index contributed by atoms with van der Waals surface area (Å²) in [7, 11) is 0. The van der Waals surface area contributed by atoms with Crippen molar-refractivity contribution in [3.63, 3.8) is 0 Å². The summed E-state index contributed by atoms with van der Waals surface area (Å²) in [5, 5.41) is 9.60. The number of para-hydroxylation sites is 1. The van der Waals surface area contributed by atoms with Crippen LogP contribution in [-0.2, 0) is 6.42 Å². The molecule has 0 aliphatic carbocycles. The lowest BCUT2D eigenvalue weighted by Crippen LogP contribution is -2.24. The Hall–Kier alpha value is -2.86. The maximum Gasteiger partial charge on any atom is 0.341 e. The summed E-state index contributed by atoms with van der Waals surface area (Å²) in [6.07, 6.45) is 2.14. The summed E-state index contributed by atoms with van der Waals surface area (Å²) in [6.45, 7) is 1.83. The van der Waals surface area contributed by atoms with Gasteiger partial charge in [-0.15, -0.1) is 11.8 Å².